The van der Waals surface area contributed by atoms with E-state index in [9.17, 15) is 8.42 Å². The number of ether oxygens (including phenoxy) is 1. The van der Waals surface area contributed by atoms with Crippen molar-refractivity contribution in [1.29, 1.82) is 0 Å². The van der Waals surface area contributed by atoms with Crippen molar-refractivity contribution in [3.63, 3.8) is 0 Å². The molecule has 0 aliphatic carbocycles. The Bertz CT molecular complexity index is 798. The minimum Gasteiger partial charge on any atom is -0.487 e. The van der Waals surface area contributed by atoms with Gasteiger partial charge in [-0.2, -0.15) is 0 Å². The lowest BCUT2D eigenvalue weighted by atomic mass is 9.84. The van der Waals surface area contributed by atoms with Gasteiger partial charge in [0.05, 0.1) is 10.9 Å². The molecule has 1 N–H and O–H groups in total. The van der Waals surface area contributed by atoms with Gasteiger partial charge in [-0.25, -0.2) is 13.1 Å². The average Bonchev–Trinajstić information content (AvgIpc) is 2.62. The van der Waals surface area contributed by atoms with E-state index in [2.05, 4.69) is 18.6 Å². The highest BCUT2D eigenvalue weighted by molar-refractivity contribution is 7.89. The van der Waals surface area contributed by atoms with Crippen LogP contribution in [-0.4, -0.2) is 14.0 Å². The SMILES string of the molecule is CCC1(CC)CC(NS(=O)(=O)c2ccccc2)c2ccccc2O1. The minimum atomic E-state index is -3.57. The van der Waals surface area contributed by atoms with E-state index in [4.69, 9.17) is 4.74 Å². The fraction of sp³-hybridized carbons (Fsp3) is 0.368. The van der Waals surface area contributed by atoms with Crippen molar-refractivity contribution in [2.24, 2.45) is 0 Å². The van der Waals surface area contributed by atoms with Crippen LogP contribution in [0.4, 0.5) is 0 Å². The van der Waals surface area contributed by atoms with Crippen LogP contribution in [-0.2, 0) is 10.0 Å². The van der Waals surface area contributed by atoms with Crippen LogP contribution in [0.5, 0.6) is 5.75 Å². The van der Waals surface area contributed by atoms with Crippen LogP contribution in [0.1, 0.15) is 44.7 Å². The van der Waals surface area contributed by atoms with Crippen molar-refractivity contribution < 1.29 is 13.2 Å². The second-order valence-electron chi connectivity index (χ2n) is 6.22. The molecule has 0 fully saturated rings. The summed E-state index contributed by atoms with van der Waals surface area (Å²) >= 11 is 0. The van der Waals surface area contributed by atoms with Crippen LogP contribution in [0.15, 0.2) is 59.5 Å². The maximum Gasteiger partial charge on any atom is 0.241 e. The second kappa shape index (κ2) is 6.57. The number of rotatable bonds is 5. The topological polar surface area (TPSA) is 55.4 Å². The molecule has 24 heavy (non-hydrogen) atoms. The largest absolute Gasteiger partial charge is 0.487 e. The molecule has 4 nitrogen and oxygen atoms in total. The third-order valence-electron chi connectivity index (χ3n) is 4.84. The quantitative estimate of drug-likeness (QED) is 0.889. The van der Waals surface area contributed by atoms with Gasteiger partial charge in [-0.3, -0.25) is 0 Å². The summed E-state index contributed by atoms with van der Waals surface area (Å²) in [6.45, 7) is 4.17. The van der Waals surface area contributed by atoms with Gasteiger partial charge < -0.3 is 4.74 Å². The first-order chi connectivity index (χ1) is 11.5. The monoisotopic (exact) mass is 345 g/mol. The number of sulfonamides is 1. The van der Waals surface area contributed by atoms with Crippen molar-refractivity contribution in [2.75, 3.05) is 0 Å². The molecule has 0 amide bonds. The lowest BCUT2D eigenvalue weighted by Crippen LogP contribution is -2.44. The Balaban J connectivity index is 1.97. The Morgan fingerprint density at radius 1 is 1.04 bits per heavy atom. The fourth-order valence-electron chi connectivity index (χ4n) is 3.26. The number of benzene rings is 2. The van der Waals surface area contributed by atoms with Gasteiger partial charge in [0, 0.05) is 12.0 Å². The van der Waals surface area contributed by atoms with Crippen molar-refractivity contribution in [1.82, 2.24) is 4.72 Å². The van der Waals surface area contributed by atoms with Gasteiger partial charge in [-0.15, -0.1) is 0 Å². The zero-order valence-electron chi connectivity index (χ0n) is 14.0. The molecule has 2 aromatic rings. The summed E-state index contributed by atoms with van der Waals surface area (Å²) in [6, 6.07) is 15.9. The summed E-state index contributed by atoms with van der Waals surface area (Å²) in [4.78, 5) is 0.285. The standard InChI is InChI=1S/C19H23NO3S/c1-3-19(4-2)14-17(16-12-8-9-13-18(16)23-19)20-24(21,22)15-10-6-5-7-11-15/h5-13,17,20H,3-4,14H2,1-2H3. The smallest absolute Gasteiger partial charge is 0.241 e. The van der Waals surface area contributed by atoms with Crippen LogP contribution in [0.25, 0.3) is 0 Å². The molecule has 1 unspecified atom stereocenters. The average molecular weight is 345 g/mol. The molecule has 0 saturated heterocycles. The van der Waals surface area contributed by atoms with Crippen molar-refractivity contribution in [3.05, 3.63) is 60.2 Å². The molecule has 1 aliphatic rings. The molecule has 128 valence electrons. The van der Waals surface area contributed by atoms with E-state index in [0.717, 1.165) is 24.2 Å². The Hall–Kier alpha value is -1.85. The van der Waals surface area contributed by atoms with E-state index in [-0.39, 0.29) is 16.5 Å². The number of hydrogen-bond donors (Lipinski definition) is 1. The number of hydrogen-bond acceptors (Lipinski definition) is 3. The molecule has 0 aromatic heterocycles. The summed E-state index contributed by atoms with van der Waals surface area (Å²) in [6.07, 6.45) is 2.30. The Labute approximate surface area is 143 Å². The normalized spacial score (nSPS) is 19.3. The lowest BCUT2D eigenvalue weighted by molar-refractivity contribution is 0.0260. The van der Waals surface area contributed by atoms with Gasteiger partial charge in [-0.1, -0.05) is 50.2 Å². The van der Waals surface area contributed by atoms with Crippen LogP contribution < -0.4 is 9.46 Å². The summed E-state index contributed by atoms with van der Waals surface area (Å²) in [7, 11) is -3.57. The van der Waals surface area contributed by atoms with E-state index in [0.29, 0.717) is 6.42 Å². The fourth-order valence-corrected chi connectivity index (χ4v) is 4.50. The number of fused-ring (bicyclic) bond motifs is 1. The highest BCUT2D eigenvalue weighted by atomic mass is 32.2. The molecule has 1 heterocycles. The first-order valence-corrected chi connectivity index (χ1v) is 9.83. The zero-order chi connectivity index (χ0) is 17.2. The van der Waals surface area contributed by atoms with E-state index in [1.54, 1.807) is 24.3 Å². The van der Waals surface area contributed by atoms with Gasteiger partial charge in [-0.05, 0) is 31.0 Å². The van der Waals surface area contributed by atoms with Crippen molar-refractivity contribution >= 4 is 10.0 Å². The van der Waals surface area contributed by atoms with Crippen LogP contribution in [0.3, 0.4) is 0 Å². The summed E-state index contributed by atoms with van der Waals surface area (Å²) < 4.78 is 34.6. The van der Waals surface area contributed by atoms with Crippen LogP contribution in [0, 0.1) is 0 Å². The summed E-state index contributed by atoms with van der Waals surface area (Å²) in [5.41, 5.74) is 0.563. The molecule has 3 rings (SSSR count). The Morgan fingerprint density at radius 3 is 2.33 bits per heavy atom. The second-order valence-corrected chi connectivity index (χ2v) is 7.94. The predicted molar refractivity (Wildman–Crippen MR) is 94.5 cm³/mol. The highest BCUT2D eigenvalue weighted by Gasteiger charge is 2.39. The predicted octanol–water partition coefficient (Wildman–Crippen LogP) is 4.05. The molecule has 0 saturated carbocycles. The lowest BCUT2D eigenvalue weighted by Gasteiger charge is -2.41. The molecule has 5 heteroatoms. The maximum atomic E-state index is 12.7. The first kappa shape index (κ1) is 17.0. The van der Waals surface area contributed by atoms with E-state index < -0.39 is 10.0 Å². The summed E-state index contributed by atoms with van der Waals surface area (Å²) in [5.74, 6) is 0.771. The van der Waals surface area contributed by atoms with E-state index in [1.807, 2.05) is 30.3 Å². The summed E-state index contributed by atoms with van der Waals surface area (Å²) in [5, 5.41) is 0. The van der Waals surface area contributed by atoms with Gasteiger partial charge in [0.1, 0.15) is 11.4 Å². The van der Waals surface area contributed by atoms with E-state index >= 15 is 0 Å². The Kier molecular flexibility index (Phi) is 4.65. The van der Waals surface area contributed by atoms with E-state index in [1.165, 1.54) is 0 Å². The highest BCUT2D eigenvalue weighted by Crippen LogP contribution is 2.43. The molecule has 0 bridgehead atoms. The number of nitrogens with one attached hydrogen (secondary N) is 1. The first-order valence-electron chi connectivity index (χ1n) is 8.35. The van der Waals surface area contributed by atoms with Crippen LogP contribution in [0.2, 0.25) is 0 Å². The molecular formula is C19H23NO3S. The van der Waals surface area contributed by atoms with Crippen molar-refractivity contribution in [3.8, 4) is 5.75 Å². The third kappa shape index (κ3) is 3.19. The van der Waals surface area contributed by atoms with Gasteiger partial charge in [0.2, 0.25) is 10.0 Å². The van der Waals surface area contributed by atoms with Crippen LogP contribution >= 0.6 is 0 Å². The molecule has 2 aromatic carbocycles. The third-order valence-corrected chi connectivity index (χ3v) is 6.32. The van der Waals surface area contributed by atoms with Gasteiger partial charge in [0.25, 0.3) is 0 Å². The Morgan fingerprint density at radius 2 is 1.67 bits per heavy atom. The molecular weight excluding hydrogens is 322 g/mol. The van der Waals surface area contributed by atoms with Gasteiger partial charge in [0.15, 0.2) is 0 Å². The molecule has 0 spiro atoms. The zero-order valence-corrected chi connectivity index (χ0v) is 14.8. The maximum absolute atomic E-state index is 12.7. The van der Waals surface area contributed by atoms with Crippen molar-refractivity contribution in [2.45, 2.75) is 49.6 Å². The minimum absolute atomic E-state index is 0.285. The molecule has 0 radical (unpaired) electrons. The van der Waals surface area contributed by atoms with Gasteiger partial charge >= 0.3 is 0 Å². The molecule has 1 atom stereocenters. The molecule has 1 aliphatic heterocycles. The number of para-hydroxylation sites is 1.